The number of morpholine rings is 1. The summed E-state index contributed by atoms with van der Waals surface area (Å²) in [7, 11) is -6.68. The summed E-state index contributed by atoms with van der Waals surface area (Å²) in [5.74, 6) is -0.515. The van der Waals surface area contributed by atoms with Gasteiger partial charge in [-0.15, -0.1) is 0 Å². The molecule has 1 N–H and O–H groups in total. The zero-order valence-electron chi connectivity index (χ0n) is 22.9. The van der Waals surface area contributed by atoms with Gasteiger partial charge in [0.05, 0.1) is 30.9 Å². The molecule has 0 spiro atoms. The van der Waals surface area contributed by atoms with Crippen LogP contribution in [-0.4, -0.2) is 67.0 Å². The molecule has 3 aromatic rings. The summed E-state index contributed by atoms with van der Waals surface area (Å²) in [6.45, 7) is 5.96. The molecule has 4 rings (SSSR count). The van der Waals surface area contributed by atoms with E-state index in [-0.39, 0.29) is 47.5 Å². The summed E-state index contributed by atoms with van der Waals surface area (Å²) in [6, 6.07) is 16.0. The molecular formula is C28H33N3O7S2. The lowest BCUT2D eigenvalue weighted by molar-refractivity contribution is -0.114. The summed E-state index contributed by atoms with van der Waals surface area (Å²) in [4.78, 5) is 13.2. The van der Waals surface area contributed by atoms with Crippen molar-refractivity contribution >= 4 is 37.3 Å². The summed E-state index contributed by atoms with van der Waals surface area (Å²) in [6.07, 6.45) is 0. The molecule has 1 aliphatic heterocycles. The Balaban J connectivity index is 1.66. The third kappa shape index (κ3) is 6.30. The quantitative estimate of drug-likeness (QED) is 0.407. The molecule has 0 saturated carbocycles. The van der Waals surface area contributed by atoms with E-state index in [1.807, 2.05) is 19.9 Å². The van der Waals surface area contributed by atoms with E-state index < -0.39 is 32.5 Å². The maximum Gasteiger partial charge on any atom is 0.264 e. The van der Waals surface area contributed by atoms with Crippen LogP contribution in [0.3, 0.4) is 0 Å². The Kier molecular flexibility index (Phi) is 8.83. The van der Waals surface area contributed by atoms with Gasteiger partial charge < -0.3 is 14.8 Å². The number of ether oxygens (including phenoxy) is 2. The third-order valence-corrected chi connectivity index (χ3v) is 10.2. The first-order chi connectivity index (χ1) is 18.9. The van der Waals surface area contributed by atoms with Crippen molar-refractivity contribution in [3.63, 3.8) is 0 Å². The number of nitrogens with one attached hydrogen (secondary N) is 1. The number of carbonyl (C=O) groups is 1. The molecule has 0 aromatic heterocycles. The van der Waals surface area contributed by atoms with Crippen molar-refractivity contribution in [1.82, 2.24) is 4.31 Å². The SMILES string of the molecule is COc1ccc(NC(=O)CN(c2ccc(C)cc2C)S(=O)(=O)c2ccc(C)cc2)cc1S(=O)(=O)N1CCOCC1. The van der Waals surface area contributed by atoms with Gasteiger partial charge in [0.1, 0.15) is 17.2 Å². The van der Waals surface area contributed by atoms with Gasteiger partial charge in [0, 0.05) is 18.8 Å². The van der Waals surface area contributed by atoms with Crippen LogP contribution < -0.4 is 14.4 Å². The lowest BCUT2D eigenvalue weighted by Gasteiger charge is -2.27. The molecule has 0 unspecified atom stereocenters. The number of sulfonamides is 2. The lowest BCUT2D eigenvalue weighted by atomic mass is 10.1. The highest BCUT2D eigenvalue weighted by atomic mass is 32.2. The number of methoxy groups -OCH3 is 1. The van der Waals surface area contributed by atoms with Gasteiger partial charge in [-0.25, -0.2) is 16.8 Å². The molecule has 1 aliphatic rings. The molecule has 1 fully saturated rings. The van der Waals surface area contributed by atoms with E-state index in [1.165, 1.54) is 41.7 Å². The predicted molar refractivity (Wildman–Crippen MR) is 153 cm³/mol. The minimum atomic E-state index is -4.11. The predicted octanol–water partition coefficient (Wildman–Crippen LogP) is 3.48. The number of benzene rings is 3. The second kappa shape index (κ2) is 12.0. The van der Waals surface area contributed by atoms with Gasteiger partial charge >= 0.3 is 0 Å². The van der Waals surface area contributed by atoms with Crippen molar-refractivity contribution < 1.29 is 31.1 Å². The van der Waals surface area contributed by atoms with Crippen LogP contribution in [-0.2, 0) is 29.6 Å². The molecule has 0 bridgehead atoms. The number of anilines is 2. The number of hydrogen-bond donors (Lipinski definition) is 1. The fourth-order valence-corrected chi connectivity index (χ4v) is 7.51. The Labute approximate surface area is 235 Å². The van der Waals surface area contributed by atoms with Crippen LogP contribution in [0.5, 0.6) is 5.75 Å². The molecule has 214 valence electrons. The van der Waals surface area contributed by atoms with Crippen molar-refractivity contribution in [1.29, 1.82) is 0 Å². The Hall–Kier alpha value is -3.45. The Morgan fingerprint density at radius 2 is 1.57 bits per heavy atom. The first-order valence-electron chi connectivity index (χ1n) is 12.7. The van der Waals surface area contributed by atoms with Crippen molar-refractivity contribution in [2.45, 2.75) is 30.6 Å². The highest BCUT2D eigenvalue weighted by Crippen LogP contribution is 2.31. The van der Waals surface area contributed by atoms with Gasteiger partial charge in [-0.3, -0.25) is 9.10 Å². The van der Waals surface area contributed by atoms with Crippen LogP contribution in [0.15, 0.2) is 70.5 Å². The summed E-state index contributed by atoms with van der Waals surface area (Å²) in [5.41, 5.74) is 3.09. The van der Waals surface area contributed by atoms with Crippen LogP contribution in [0, 0.1) is 20.8 Å². The molecule has 0 radical (unpaired) electrons. The zero-order valence-corrected chi connectivity index (χ0v) is 24.5. The molecule has 12 heteroatoms. The fraction of sp³-hybridized carbons (Fsp3) is 0.321. The van der Waals surface area contributed by atoms with Crippen LogP contribution in [0.25, 0.3) is 0 Å². The maximum absolute atomic E-state index is 13.7. The van der Waals surface area contributed by atoms with E-state index in [1.54, 1.807) is 31.2 Å². The Morgan fingerprint density at radius 1 is 0.925 bits per heavy atom. The Morgan fingerprint density at radius 3 is 2.20 bits per heavy atom. The average molecular weight is 588 g/mol. The van der Waals surface area contributed by atoms with E-state index in [2.05, 4.69) is 5.32 Å². The molecule has 0 atom stereocenters. The van der Waals surface area contributed by atoms with E-state index in [0.717, 1.165) is 15.4 Å². The summed E-state index contributed by atoms with van der Waals surface area (Å²) < 4.78 is 67.1. The van der Waals surface area contributed by atoms with Crippen molar-refractivity contribution in [2.24, 2.45) is 0 Å². The topological polar surface area (TPSA) is 122 Å². The van der Waals surface area contributed by atoms with Gasteiger partial charge in [0.25, 0.3) is 10.0 Å². The van der Waals surface area contributed by atoms with E-state index in [9.17, 15) is 21.6 Å². The van der Waals surface area contributed by atoms with E-state index in [4.69, 9.17) is 9.47 Å². The van der Waals surface area contributed by atoms with Crippen LogP contribution >= 0.6 is 0 Å². The fourth-order valence-electron chi connectivity index (χ4n) is 4.44. The van der Waals surface area contributed by atoms with Gasteiger partial charge in [-0.05, 0) is 62.7 Å². The zero-order chi connectivity index (χ0) is 29.1. The molecule has 3 aromatic carbocycles. The number of hydrogen-bond acceptors (Lipinski definition) is 7. The van der Waals surface area contributed by atoms with E-state index >= 15 is 0 Å². The monoisotopic (exact) mass is 587 g/mol. The van der Waals surface area contributed by atoms with Crippen LogP contribution in [0.4, 0.5) is 11.4 Å². The number of nitrogens with zero attached hydrogens (tertiary/aromatic N) is 2. The summed E-state index contributed by atoms with van der Waals surface area (Å²) >= 11 is 0. The number of rotatable bonds is 9. The minimum absolute atomic E-state index is 0.0502. The average Bonchev–Trinajstić information content (AvgIpc) is 2.93. The molecule has 1 saturated heterocycles. The molecule has 40 heavy (non-hydrogen) atoms. The van der Waals surface area contributed by atoms with Crippen LogP contribution in [0.1, 0.15) is 16.7 Å². The largest absolute Gasteiger partial charge is 0.495 e. The lowest BCUT2D eigenvalue weighted by Crippen LogP contribution is -2.40. The normalized spacial score (nSPS) is 14.5. The smallest absolute Gasteiger partial charge is 0.264 e. The third-order valence-electron chi connectivity index (χ3n) is 6.55. The number of amides is 1. The molecule has 1 amide bonds. The second-order valence-electron chi connectivity index (χ2n) is 9.54. The first-order valence-corrected chi connectivity index (χ1v) is 15.5. The molecular weight excluding hydrogens is 554 g/mol. The Bertz CT molecular complexity index is 1600. The van der Waals surface area contributed by atoms with Gasteiger partial charge in [-0.2, -0.15) is 4.31 Å². The van der Waals surface area contributed by atoms with Crippen molar-refractivity contribution in [3.05, 3.63) is 77.4 Å². The van der Waals surface area contributed by atoms with Crippen molar-refractivity contribution in [2.75, 3.05) is 49.6 Å². The standard InChI is InChI=1S/C28H33N3O7S2/c1-20-5-9-24(10-6-20)39(33,34)31(25-11-7-21(2)17-22(25)3)19-28(32)29-23-8-12-26(37-4)27(18-23)40(35,36)30-13-15-38-16-14-30/h5-12,17-18H,13-16,19H2,1-4H3,(H,29,32). The van der Waals surface area contributed by atoms with Crippen molar-refractivity contribution in [3.8, 4) is 5.75 Å². The highest BCUT2D eigenvalue weighted by molar-refractivity contribution is 7.92. The van der Waals surface area contributed by atoms with Crippen LogP contribution in [0.2, 0.25) is 0 Å². The number of carbonyl (C=O) groups excluding carboxylic acids is 1. The first kappa shape index (κ1) is 29.5. The molecule has 1 heterocycles. The second-order valence-corrected chi connectivity index (χ2v) is 13.3. The van der Waals surface area contributed by atoms with Gasteiger partial charge in [0.2, 0.25) is 15.9 Å². The van der Waals surface area contributed by atoms with Gasteiger partial charge in [-0.1, -0.05) is 35.4 Å². The molecule has 10 nitrogen and oxygen atoms in total. The highest BCUT2D eigenvalue weighted by Gasteiger charge is 2.31. The maximum atomic E-state index is 13.7. The number of aryl methyl sites for hydroxylation is 3. The van der Waals surface area contributed by atoms with Gasteiger partial charge in [0.15, 0.2) is 0 Å². The van der Waals surface area contributed by atoms with E-state index in [0.29, 0.717) is 11.3 Å². The minimum Gasteiger partial charge on any atom is -0.495 e. The molecule has 0 aliphatic carbocycles. The summed E-state index contributed by atoms with van der Waals surface area (Å²) in [5, 5.41) is 2.66.